The van der Waals surface area contributed by atoms with E-state index in [-0.39, 0.29) is 35.6 Å². The Hall–Kier alpha value is -6.66. The van der Waals surface area contributed by atoms with Crippen molar-refractivity contribution in [2.75, 3.05) is 4.90 Å². The molecule has 85 heavy (non-hydrogen) atoms. The first kappa shape index (κ1) is 56.2. The zero-order valence-electron chi connectivity index (χ0n) is 47.1. The molecule has 0 radical (unpaired) electrons. The van der Waals surface area contributed by atoms with Crippen molar-refractivity contribution in [1.29, 1.82) is 0 Å². The number of unbranched alkanes of at least 4 members (excludes halogenated alkanes) is 6. The first-order valence-corrected chi connectivity index (χ1v) is 32.2. The molecule has 1 fully saturated rings. The molecule has 1 saturated carbocycles. The summed E-state index contributed by atoms with van der Waals surface area (Å²) >= 11 is 5.16. The minimum atomic E-state index is -5.65. The van der Waals surface area contributed by atoms with E-state index in [4.69, 9.17) is 4.74 Å². The number of thiophene rings is 2. The van der Waals surface area contributed by atoms with Crippen LogP contribution in [0.15, 0.2) is 132 Å². The summed E-state index contributed by atoms with van der Waals surface area (Å²) < 4.78 is 98.4. The van der Waals surface area contributed by atoms with Gasteiger partial charge in [0.15, 0.2) is 0 Å². The Labute approximate surface area is 503 Å². The molecule has 6 aliphatic rings. The molecule has 0 spiro atoms. The van der Waals surface area contributed by atoms with E-state index >= 15 is 26.3 Å². The van der Waals surface area contributed by atoms with Crippen LogP contribution in [0.4, 0.5) is 32.0 Å². The largest absolute Gasteiger partial charge is 0.488 e. The minimum Gasteiger partial charge on any atom is -0.488 e. The second-order valence-electron chi connectivity index (χ2n) is 23.5. The summed E-state index contributed by atoms with van der Waals surface area (Å²) in [4.78, 5) is 65.3. The molecular weight excluding hydrogens is 1170 g/mol. The lowest BCUT2D eigenvalue weighted by Gasteiger charge is -2.47. The molecule has 0 bridgehead atoms. The zero-order valence-corrected chi connectivity index (χ0v) is 50.4. The summed E-state index contributed by atoms with van der Waals surface area (Å²) in [6.07, 6.45) is 12.8. The van der Waals surface area contributed by atoms with Crippen molar-refractivity contribution in [2.24, 2.45) is 0 Å². The van der Waals surface area contributed by atoms with Crippen LogP contribution in [0.3, 0.4) is 0 Å². The Morgan fingerprint density at radius 1 is 0.506 bits per heavy atom. The van der Waals surface area contributed by atoms with Gasteiger partial charge in [0.2, 0.25) is 0 Å². The van der Waals surface area contributed by atoms with Gasteiger partial charge in [-0.05, 0) is 162 Å². The number of anilines is 1. The van der Waals surface area contributed by atoms with Crippen LogP contribution in [0.25, 0.3) is 52.9 Å². The molecule has 6 aromatic carbocycles. The molecule has 7 nitrogen and oxygen atoms in total. The molecule has 2 unspecified atom stereocenters. The minimum absolute atomic E-state index is 0.0611. The van der Waals surface area contributed by atoms with E-state index < -0.39 is 50.2 Å². The van der Waals surface area contributed by atoms with E-state index in [9.17, 15) is 19.2 Å². The van der Waals surface area contributed by atoms with Gasteiger partial charge in [-0.3, -0.25) is 24.1 Å². The Balaban J connectivity index is 0.716. The number of halogens is 6. The number of rotatable bonds is 17. The SMILES string of the molecule is CCCCCCC(CCCCCC)N1C(=O)c2ccc3c4ccc5c6c(ccc(c7ccc(c2c37)C1=O)c64)C(=O)N(c1ccc(OCc2ccc(C3=CC4=C6C(=C7C=C(c8ccc(C)s8)SC7(C)C4(C)S3)C(F)(F)C(F)(F)C6(F)F)s2)cc1)C5=O. The number of ether oxygens (including phenoxy) is 1. The highest BCUT2D eigenvalue weighted by Crippen LogP contribution is 2.75. The maximum absolute atomic E-state index is 16.0. The molecule has 6 heterocycles. The fourth-order valence-corrected chi connectivity index (χ4v) is 19.1. The third-order valence-corrected chi connectivity index (χ3v) is 24.2. The van der Waals surface area contributed by atoms with Crippen molar-refractivity contribution in [1.82, 2.24) is 4.90 Å². The number of carbonyl (C=O) groups is 4. The fourth-order valence-electron chi connectivity index (χ4n) is 14.0. The molecule has 17 heteroatoms. The molecule has 4 amide bonds. The first-order chi connectivity index (χ1) is 40.7. The van der Waals surface area contributed by atoms with Crippen LogP contribution in [-0.4, -0.2) is 61.8 Å². The van der Waals surface area contributed by atoms with Gasteiger partial charge in [0.25, 0.3) is 23.6 Å². The smallest absolute Gasteiger partial charge is 0.380 e. The summed E-state index contributed by atoms with van der Waals surface area (Å²) in [6, 6.07) is 28.4. The Morgan fingerprint density at radius 2 is 0.953 bits per heavy atom. The maximum Gasteiger partial charge on any atom is 0.380 e. The van der Waals surface area contributed by atoms with Gasteiger partial charge in [-0.2, -0.15) is 26.3 Å². The fraction of sp³-hybridized carbons (Fsp3) is 0.324. The van der Waals surface area contributed by atoms with Gasteiger partial charge in [-0.25, -0.2) is 4.90 Å². The van der Waals surface area contributed by atoms with Gasteiger partial charge in [-0.1, -0.05) is 89.5 Å². The molecule has 14 rings (SSSR count). The van der Waals surface area contributed by atoms with Crippen LogP contribution in [0.1, 0.15) is 153 Å². The number of fused-ring (bicyclic) bond motifs is 6. The van der Waals surface area contributed by atoms with Crippen LogP contribution in [0.2, 0.25) is 0 Å². The molecule has 434 valence electrons. The monoisotopic (exact) mass is 1220 g/mol. The number of alkyl halides is 6. The summed E-state index contributed by atoms with van der Waals surface area (Å²) in [5.74, 6) is -17.0. The van der Waals surface area contributed by atoms with Crippen molar-refractivity contribution in [2.45, 2.75) is 139 Å². The lowest BCUT2D eigenvalue weighted by molar-refractivity contribution is -0.258. The van der Waals surface area contributed by atoms with Crippen molar-refractivity contribution < 1.29 is 50.3 Å². The molecular formula is C68H56F6N2O5S4. The van der Waals surface area contributed by atoms with E-state index in [1.807, 2.05) is 55.5 Å². The van der Waals surface area contributed by atoms with E-state index in [0.29, 0.717) is 59.2 Å². The number of nitrogens with zero attached hydrogens (tertiary/aromatic N) is 2. The number of hydrogen-bond acceptors (Lipinski definition) is 9. The summed E-state index contributed by atoms with van der Waals surface area (Å²) in [6.45, 7) is 9.65. The number of thioether (sulfide) groups is 2. The highest BCUT2D eigenvalue weighted by Gasteiger charge is 2.84. The summed E-state index contributed by atoms with van der Waals surface area (Å²) in [5, 5.41) is 5.95. The predicted octanol–water partition coefficient (Wildman–Crippen LogP) is 19.4. The maximum atomic E-state index is 16.0. The van der Waals surface area contributed by atoms with E-state index in [0.717, 1.165) is 116 Å². The molecule has 2 aliphatic carbocycles. The van der Waals surface area contributed by atoms with Gasteiger partial charge in [-0.15, -0.1) is 46.2 Å². The number of imide groups is 2. The van der Waals surface area contributed by atoms with Crippen LogP contribution < -0.4 is 9.64 Å². The van der Waals surface area contributed by atoms with Gasteiger partial charge >= 0.3 is 17.8 Å². The van der Waals surface area contributed by atoms with Gasteiger partial charge in [0.05, 0.1) is 15.2 Å². The van der Waals surface area contributed by atoms with Crippen LogP contribution in [0, 0.1) is 6.92 Å². The van der Waals surface area contributed by atoms with Crippen molar-refractivity contribution in [3.05, 3.63) is 173 Å². The normalized spacial score (nSPS) is 21.9. The Morgan fingerprint density at radius 3 is 1.40 bits per heavy atom. The zero-order chi connectivity index (χ0) is 59.4. The van der Waals surface area contributed by atoms with Gasteiger partial charge in [0.1, 0.15) is 12.4 Å². The second kappa shape index (κ2) is 19.9. The predicted molar refractivity (Wildman–Crippen MR) is 332 cm³/mol. The molecule has 2 atom stereocenters. The van der Waals surface area contributed by atoms with Crippen molar-refractivity contribution in [3.63, 3.8) is 0 Å². The Kier molecular flexibility index (Phi) is 13.2. The van der Waals surface area contributed by atoms with E-state index in [2.05, 4.69) is 13.8 Å². The van der Waals surface area contributed by atoms with Crippen molar-refractivity contribution >= 4 is 128 Å². The number of carbonyl (C=O) groups excluding carboxylic acids is 4. The average Bonchev–Trinajstić information content (AvgIpc) is 1.54. The van der Waals surface area contributed by atoms with E-state index in [1.165, 1.54) is 58.3 Å². The van der Waals surface area contributed by atoms with Crippen LogP contribution in [0.5, 0.6) is 5.75 Å². The number of hydrogen-bond donors (Lipinski definition) is 0. The number of amides is 4. The van der Waals surface area contributed by atoms with Crippen LogP contribution in [-0.2, 0) is 6.61 Å². The summed E-state index contributed by atoms with van der Waals surface area (Å²) in [5.41, 5.74) is -1.02. The highest BCUT2D eigenvalue weighted by atomic mass is 32.2. The van der Waals surface area contributed by atoms with Gasteiger partial charge in [0, 0.05) is 79.5 Å². The van der Waals surface area contributed by atoms with Crippen molar-refractivity contribution in [3.8, 4) is 5.75 Å². The quantitative estimate of drug-likeness (QED) is 0.0295. The third kappa shape index (κ3) is 7.93. The van der Waals surface area contributed by atoms with E-state index in [1.54, 1.807) is 67.3 Å². The summed E-state index contributed by atoms with van der Waals surface area (Å²) in [7, 11) is 0. The van der Waals surface area contributed by atoms with Gasteiger partial charge < -0.3 is 4.74 Å². The number of aryl methyl sites for hydroxylation is 1. The highest BCUT2D eigenvalue weighted by molar-refractivity contribution is 8.14. The Bertz CT molecular complexity index is 4250. The van der Waals surface area contributed by atoms with Crippen LogP contribution >= 0.6 is 46.2 Å². The first-order valence-electron chi connectivity index (χ1n) is 29.0. The number of allylic oxidation sites excluding steroid dienone is 4. The number of benzene rings is 6. The standard InChI is InChI=1S/C68H56F6N2O5S4/c1-6-8-10-12-14-36(15-13-11-9-7-2)75-60(77)44-26-22-40-42-24-28-46-57-47(29-25-43(55(42)57)41-23-27-45(61(75)78)56(44)54(40)41)63(80)76(62(46)79)37-17-19-38(20-18-37)81-34-39-21-31-51(83-39)53-33-49-59-58(66(69,70)68(73,74)67(59,71)72)48-32-52(50-30-16-35(3)82-50)84-64(48,4)65(49,5)85-53/h16-33,36H,6-15,34H2,1-5H3. The molecule has 2 aromatic heterocycles. The molecule has 0 saturated heterocycles. The molecule has 0 N–H and O–H groups in total. The average molecular weight is 1220 g/mol. The lowest BCUT2D eigenvalue weighted by Crippen LogP contribution is -2.48. The molecule has 4 aliphatic heterocycles. The topological polar surface area (TPSA) is 84.0 Å². The second-order valence-corrected chi connectivity index (χ2v) is 28.8. The molecule has 8 aromatic rings. The third-order valence-electron chi connectivity index (χ3n) is 18.5. The lowest BCUT2D eigenvalue weighted by atomic mass is 9.71.